The van der Waals surface area contributed by atoms with Gasteiger partial charge in [-0.2, -0.15) is 0 Å². The molecule has 0 unspecified atom stereocenters. The number of likely N-dealkylation sites (tertiary alicyclic amines) is 1. The number of hydrogen-bond acceptors (Lipinski definition) is 3. The number of amides is 1. The van der Waals surface area contributed by atoms with Crippen LogP contribution < -0.4 is 5.32 Å². The van der Waals surface area contributed by atoms with E-state index in [9.17, 15) is 4.79 Å². The van der Waals surface area contributed by atoms with Gasteiger partial charge in [-0.05, 0) is 68.8 Å². The maximum absolute atomic E-state index is 12.4. The number of ether oxygens (including phenoxy) is 1. The maximum atomic E-state index is 12.4. The van der Waals surface area contributed by atoms with Gasteiger partial charge >= 0.3 is 0 Å². The van der Waals surface area contributed by atoms with Crippen LogP contribution in [0.1, 0.15) is 44.1 Å². The number of piperidine rings is 2. The Kier molecular flexibility index (Phi) is 9.67. The summed E-state index contributed by atoms with van der Waals surface area (Å²) in [5.74, 6) is 1.03. The third-order valence-electron chi connectivity index (χ3n) is 5.49. The Morgan fingerprint density at radius 2 is 1.81 bits per heavy atom. The van der Waals surface area contributed by atoms with E-state index in [4.69, 9.17) is 27.9 Å². The zero-order valence-electron chi connectivity index (χ0n) is 15.6. The molecule has 2 aliphatic rings. The van der Waals surface area contributed by atoms with Crippen molar-refractivity contribution in [1.82, 2.24) is 10.2 Å². The SMILES string of the molecule is Cl.O=C(CCC1CCNCC1)N1CCC(OCc2ccc(Cl)c(Cl)c2)CC1. The summed E-state index contributed by atoms with van der Waals surface area (Å²) >= 11 is 12.0. The molecule has 7 heteroatoms. The van der Waals surface area contributed by atoms with Gasteiger partial charge in [-0.1, -0.05) is 29.3 Å². The van der Waals surface area contributed by atoms with Gasteiger partial charge < -0.3 is 15.0 Å². The van der Waals surface area contributed by atoms with Gasteiger partial charge in [0.05, 0.1) is 22.8 Å². The van der Waals surface area contributed by atoms with Gasteiger partial charge in [0, 0.05) is 19.5 Å². The first-order valence-corrected chi connectivity index (χ1v) is 10.4. The molecule has 2 aliphatic heterocycles. The van der Waals surface area contributed by atoms with Gasteiger partial charge in [0.2, 0.25) is 5.91 Å². The summed E-state index contributed by atoms with van der Waals surface area (Å²) in [6, 6.07) is 5.59. The van der Waals surface area contributed by atoms with Crippen LogP contribution in [0.3, 0.4) is 0 Å². The zero-order valence-corrected chi connectivity index (χ0v) is 17.9. The predicted molar refractivity (Wildman–Crippen MR) is 113 cm³/mol. The lowest BCUT2D eigenvalue weighted by Gasteiger charge is -2.32. The van der Waals surface area contributed by atoms with Crippen LogP contribution in [-0.2, 0) is 16.1 Å². The first kappa shape index (κ1) is 22.8. The highest BCUT2D eigenvalue weighted by molar-refractivity contribution is 6.42. The molecule has 0 spiro atoms. The van der Waals surface area contributed by atoms with Gasteiger partial charge in [0.15, 0.2) is 0 Å². The van der Waals surface area contributed by atoms with Gasteiger partial charge in [0.1, 0.15) is 0 Å². The summed E-state index contributed by atoms with van der Waals surface area (Å²) in [6.07, 6.45) is 6.16. The van der Waals surface area contributed by atoms with E-state index in [1.165, 1.54) is 12.8 Å². The third kappa shape index (κ3) is 7.10. The zero-order chi connectivity index (χ0) is 18.4. The van der Waals surface area contributed by atoms with Gasteiger partial charge in [-0.25, -0.2) is 0 Å². The van der Waals surface area contributed by atoms with Crippen LogP contribution in [0.2, 0.25) is 10.0 Å². The van der Waals surface area contributed by atoms with Crippen molar-refractivity contribution in [3.05, 3.63) is 33.8 Å². The fourth-order valence-electron chi connectivity index (χ4n) is 3.77. The van der Waals surface area contributed by atoms with E-state index in [0.717, 1.165) is 51.0 Å². The Hall–Kier alpha value is -0.520. The number of carbonyl (C=O) groups excluding carboxylic acids is 1. The highest BCUT2D eigenvalue weighted by Crippen LogP contribution is 2.24. The molecule has 0 radical (unpaired) electrons. The average molecular weight is 436 g/mol. The van der Waals surface area contributed by atoms with Crippen LogP contribution in [0.4, 0.5) is 0 Å². The van der Waals surface area contributed by atoms with Crippen LogP contribution in [0.25, 0.3) is 0 Å². The molecule has 152 valence electrons. The van der Waals surface area contributed by atoms with E-state index in [0.29, 0.717) is 34.9 Å². The van der Waals surface area contributed by atoms with Crippen molar-refractivity contribution in [2.24, 2.45) is 5.92 Å². The van der Waals surface area contributed by atoms with Gasteiger partial charge in [-0.3, -0.25) is 4.79 Å². The standard InChI is InChI=1S/C20H28Cl2N2O2.ClH/c21-18-3-1-16(13-19(18)22)14-26-17-7-11-24(12-8-17)20(25)4-2-15-5-9-23-10-6-15;/h1,3,13,15,17,23H,2,4-12,14H2;1H. The second kappa shape index (κ2) is 11.5. The fraction of sp³-hybridized carbons (Fsp3) is 0.650. The number of nitrogens with one attached hydrogen (secondary N) is 1. The molecule has 2 fully saturated rings. The molecule has 0 bridgehead atoms. The molecule has 27 heavy (non-hydrogen) atoms. The summed E-state index contributed by atoms with van der Waals surface area (Å²) in [4.78, 5) is 14.5. The molecule has 1 aromatic rings. The molecule has 1 amide bonds. The van der Waals surface area contributed by atoms with Crippen LogP contribution in [0, 0.1) is 5.92 Å². The van der Waals surface area contributed by atoms with Crippen molar-refractivity contribution in [3.63, 3.8) is 0 Å². The Morgan fingerprint density at radius 1 is 1.11 bits per heavy atom. The molecule has 0 saturated carbocycles. The summed E-state index contributed by atoms with van der Waals surface area (Å²) in [7, 11) is 0. The Balaban J connectivity index is 0.00000261. The van der Waals surface area contributed by atoms with Crippen molar-refractivity contribution in [1.29, 1.82) is 0 Å². The minimum atomic E-state index is 0. The molecule has 0 atom stereocenters. The molecule has 0 aromatic heterocycles. The van der Waals surface area contributed by atoms with Crippen LogP contribution in [-0.4, -0.2) is 43.1 Å². The molecule has 4 nitrogen and oxygen atoms in total. The van der Waals surface area contributed by atoms with Crippen molar-refractivity contribution in [2.75, 3.05) is 26.2 Å². The summed E-state index contributed by atoms with van der Waals surface area (Å²) < 4.78 is 6.00. The van der Waals surface area contributed by atoms with Crippen molar-refractivity contribution >= 4 is 41.5 Å². The molecule has 3 rings (SSSR count). The van der Waals surface area contributed by atoms with Crippen molar-refractivity contribution < 1.29 is 9.53 Å². The average Bonchev–Trinajstić information content (AvgIpc) is 2.68. The smallest absolute Gasteiger partial charge is 0.222 e. The lowest BCUT2D eigenvalue weighted by Crippen LogP contribution is -2.41. The number of hydrogen-bond donors (Lipinski definition) is 1. The second-order valence-corrected chi connectivity index (χ2v) is 8.19. The number of halogens is 3. The van der Waals surface area contributed by atoms with Crippen molar-refractivity contribution in [2.45, 2.75) is 51.2 Å². The second-order valence-electron chi connectivity index (χ2n) is 7.37. The summed E-state index contributed by atoms with van der Waals surface area (Å²) in [5, 5.41) is 4.50. The Bertz CT molecular complexity index is 601. The lowest BCUT2D eigenvalue weighted by molar-refractivity contribution is -0.134. The highest BCUT2D eigenvalue weighted by atomic mass is 35.5. The van der Waals surface area contributed by atoms with Crippen LogP contribution in [0.5, 0.6) is 0 Å². The predicted octanol–water partition coefficient (Wildman–Crippen LogP) is 4.70. The first-order valence-electron chi connectivity index (χ1n) is 9.66. The number of nitrogens with zero attached hydrogens (tertiary/aromatic N) is 1. The summed E-state index contributed by atoms with van der Waals surface area (Å²) in [5.41, 5.74) is 1.03. The lowest BCUT2D eigenvalue weighted by atomic mass is 9.93. The molecular formula is C20H29Cl3N2O2. The van der Waals surface area contributed by atoms with E-state index in [-0.39, 0.29) is 18.5 Å². The Labute approximate surface area is 178 Å². The van der Waals surface area contributed by atoms with Gasteiger partial charge in [0.25, 0.3) is 0 Å². The molecular weight excluding hydrogens is 407 g/mol. The third-order valence-corrected chi connectivity index (χ3v) is 6.23. The van der Waals surface area contributed by atoms with E-state index >= 15 is 0 Å². The quantitative estimate of drug-likeness (QED) is 0.704. The summed E-state index contributed by atoms with van der Waals surface area (Å²) in [6.45, 7) is 4.33. The fourth-order valence-corrected chi connectivity index (χ4v) is 4.09. The maximum Gasteiger partial charge on any atom is 0.222 e. The molecule has 1 aromatic carbocycles. The van der Waals surface area contributed by atoms with Gasteiger partial charge in [-0.15, -0.1) is 12.4 Å². The molecule has 1 N–H and O–H groups in total. The van der Waals surface area contributed by atoms with E-state index < -0.39 is 0 Å². The minimum absolute atomic E-state index is 0. The van der Waals surface area contributed by atoms with Crippen LogP contribution in [0.15, 0.2) is 18.2 Å². The number of benzene rings is 1. The van der Waals surface area contributed by atoms with E-state index in [2.05, 4.69) is 5.32 Å². The topological polar surface area (TPSA) is 41.6 Å². The highest BCUT2D eigenvalue weighted by Gasteiger charge is 2.24. The molecule has 0 aliphatic carbocycles. The molecule has 2 saturated heterocycles. The minimum Gasteiger partial charge on any atom is -0.373 e. The molecule has 2 heterocycles. The van der Waals surface area contributed by atoms with Crippen molar-refractivity contribution in [3.8, 4) is 0 Å². The largest absolute Gasteiger partial charge is 0.373 e. The number of carbonyl (C=O) groups is 1. The van der Waals surface area contributed by atoms with Crippen LogP contribution >= 0.6 is 35.6 Å². The normalized spacial score (nSPS) is 19.0. The monoisotopic (exact) mass is 434 g/mol. The van der Waals surface area contributed by atoms with E-state index in [1.54, 1.807) is 6.07 Å². The first-order chi connectivity index (χ1) is 12.6. The number of rotatable bonds is 6. The Morgan fingerprint density at radius 3 is 2.48 bits per heavy atom. The van der Waals surface area contributed by atoms with E-state index in [1.807, 2.05) is 17.0 Å².